The van der Waals surface area contributed by atoms with E-state index in [-0.39, 0.29) is 0 Å². The predicted molar refractivity (Wildman–Crippen MR) is 57.0 cm³/mol. The highest BCUT2D eigenvalue weighted by molar-refractivity contribution is 6.03. The normalized spacial score (nSPS) is 10.9. The van der Waals surface area contributed by atoms with Crippen molar-refractivity contribution in [2.75, 3.05) is 0 Å². The molecule has 66 valence electrons. The molecule has 3 aromatic rings. The van der Waals surface area contributed by atoms with Crippen molar-refractivity contribution < 1.29 is 0 Å². The van der Waals surface area contributed by atoms with E-state index in [1.807, 2.05) is 36.4 Å². The van der Waals surface area contributed by atoms with E-state index in [0.717, 1.165) is 21.8 Å². The highest BCUT2D eigenvalue weighted by Crippen LogP contribution is 2.20. The highest BCUT2D eigenvalue weighted by Gasteiger charge is 1.99. The smallest absolute Gasteiger partial charge is 0.0936 e. The molecule has 14 heavy (non-hydrogen) atoms. The Morgan fingerprint density at radius 3 is 1.50 bits per heavy atom. The van der Waals surface area contributed by atoms with E-state index in [1.165, 1.54) is 0 Å². The van der Waals surface area contributed by atoms with E-state index in [4.69, 9.17) is 0 Å². The molecule has 0 saturated carbocycles. The van der Waals surface area contributed by atoms with Crippen molar-refractivity contribution in [3.8, 4) is 0 Å². The molecule has 3 rings (SSSR count). The number of nitrogens with zero attached hydrogens (tertiary/aromatic N) is 2. The minimum absolute atomic E-state index is 0.950. The Morgan fingerprint density at radius 1 is 0.571 bits per heavy atom. The van der Waals surface area contributed by atoms with Crippen LogP contribution in [0.3, 0.4) is 0 Å². The van der Waals surface area contributed by atoms with Gasteiger partial charge in [-0.25, -0.2) is 0 Å². The van der Waals surface area contributed by atoms with Gasteiger partial charge in [0.25, 0.3) is 0 Å². The van der Waals surface area contributed by atoms with Crippen LogP contribution in [0.25, 0.3) is 21.8 Å². The standard InChI is InChI=1S/C12H8N2/c1-3-7-11-9(5-1)10-6-2-4-8-12(10)14-13-11/h1-8H. The second-order valence-corrected chi connectivity index (χ2v) is 3.23. The molecule has 0 fully saturated rings. The van der Waals surface area contributed by atoms with E-state index in [2.05, 4.69) is 22.3 Å². The van der Waals surface area contributed by atoms with E-state index >= 15 is 0 Å². The zero-order chi connectivity index (χ0) is 9.38. The molecule has 2 nitrogen and oxygen atoms in total. The molecule has 2 heteroatoms. The van der Waals surface area contributed by atoms with Gasteiger partial charge in [-0.2, -0.15) is 0 Å². The zero-order valence-electron chi connectivity index (χ0n) is 7.51. The number of aromatic nitrogens is 2. The summed E-state index contributed by atoms with van der Waals surface area (Å²) in [5.41, 5.74) is 1.90. The fourth-order valence-electron chi connectivity index (χ4n) is 1.68. The lowest BCUT2D eigenvalue weighted by Crippen LogP contribution is -1.85. The van der Waals surface area contributed by atoms with Crippen LogP contribution in [-0.4, -0.2) is 10.2 Å². The zero-order valence-corrected chi connectivity index (χ0v) is 7.51. The lowest BCUT2D eigenvalue weighted by atomic mass is 10.1. The second kappa shape index (κ2) is 2.77. The first-order chi connectivity index (χ1) is 6.95. The van der Waals surface area contributed by atoms with E-state index in [9.17, 15) is 0 Å². The van der Waals surface area contributed by atoms with Gasteiger partial charge in [0.1, 0.15) is 0 Å². The lowest BCUT2D eigenvalue weighted by molar-refractivity contribution is 1.12. The van der Waals surface area contributed by atoms with Crippen LogP contribution in [0, 0.1) is 0 Å². The molecule has 0 radical (unpaired) electrons. The van der Waals surface area contributed by atoms with Gasteiger partial charge in [-0.05, 0) is 12.1 Å². The maximum atomic E-state index is 4.16. The predicted octanol–water partition coefficient (Wildman–Crippen LogP) is 2.78. The summed E-state index contributed by atoms with van der Waals surface area (Å²) in [6.07, 6.45) is 0. The van der Waals surface area contributed by atoms with Gasteiger partial charge in [-0.15, -0.1) is 10.2 Å². The van der Waals surface area contributed by atoms with Crippen LogP contribution in [0.1, 0.15) is 0 Å². The maximum Gasteiger partial charge on any atom is 0.0936 e. The highest BCUT2D eigenvalue weighted by atomic mass is 15.1. The van der Waals surface area contributed by atoms with E-state index in [1.54, 1.807) is 0 Å². The van der Waals surface area contributed by atoms with Crippen molar-refractivity contribution in [1.29, 1.82) is 0 Å². The van der Waals surface area contributed by atoms with Gasteiger partial charge < -0.3 is 0 Å². The summed E-state index contributed by atoms with van der Waals surface area (Å²) >= 11 is 0. The molecule has 0 N–H and O–H groups in total. The average Bonchev–Trinajstić information content (AvgIpc) is 2.29. The van der Waals surface area contributed by atoms with Crippen molar-refractivity contribution in [3.05, 3.63) is 48.5 Å². The Balaban J connectivity index is 2.61. The Hall–Kier alpha value is -1.96. The van der Waals surface area contributed by atoms with Crippen molar-refractivity contribution >= 4 is 21.8 Å². The lowest BCUT2D eigenvalue weighted by Gasteiger charge is -1.99. The molecule has 0 spiro atoms. The molecule has 0 amide bonds. The van der Waals surface area contributed by atoms with Gasteiger partial charge in [0.2, 0.25) is 0 Å². The third kappa shape index (κ3) is 0.973. The Labute approximate surface area is 81.2 Å². The number of hydrogen-bond acceptors (Lipinski definition) is 2. The topological polar surface area (TPSA) is 25.8 Å². The monoisotopic (exact) mass is 180 g/mol. The van der Waals surface area contributed by atoms with Crippen molar-refractivity contribution in [1.82, 2.24) is 10.2 Å². The van der Waals surface area contributed by atoms with Crippen molar-refractivity contribution in [2.45, 2.75) is 0 Å². The fraction of sp³-hybridized carbons (Fsp3) is 0. The molecule has 0 aliphatic carbocycles. The summed E-state index contributed by atoms with van der Waals surface area (Å²) in [6.45, 7) is 0. The third-order valence-corrected chi connectivity index (χ3v) is 2.36. The first-order valence-electron chi connectivity index (χ1n) is 4.55. The molecule has 1 heterocycles. The molecule has 0 unspecified atom stereocenters. The van der Waals surface area contributed by atoms with Gasteiger partial charge in [-0.3, -0.25) is 0 Å². The summed E-state index contributed by atoms with van der Waals surface area (Å²) in [7, 11) is 0. The molecular formula is C12H8N2. The van der Waals surface area contributed by atoms with Crippen LogP contribution < -0.4 is 0 Å². The van der Waals surface area contributed by atoms with Gasteiger partial charge in [0.15, 0.2) is 0 Å². The van der Waals surface area contributed by atoms with Gasteiger partial charge >= 0.3 is 0 Å². The number of fused-ring (bicyclic) bond motifs is 3. The summed E-state index contributed by atoms with van der Waals surface area (Å²) in [5, 5.41) is 10.6. The summed E-state index contributed by atoms with van der Waals surface area (Å²) in [5.74, 6) is 0. The first-order valence-corrected chi connectivity index (χ1v) is 4.55. The van der Waals surface area contributed by atoms with Crippen LogP contribution in [-0.2, 0) is 0 Å². The SMILES string of the molecule is c1ccc2c(c1)nnc1ccccc12. The van der Waals surface area contributed by atoms with Crippen LogP contribution in [0.2, 0.25) is 0 Å². The van der Waals surface area contributed by atoms with Crippen LogP contribution in [0.5, 0.6) is 0 Å². The van der Waals surface area contributed by atoms with Crippen molar-refractivity contribution in [3.63, 3.8) is 0 Å². The molecule has 2 aromatic carbocycles. The van der Waals surface area contributed by atoms with Gasteiger partial charge in [-0.1, -0.05) is 36.4 Å². The molecule has 0 aliphatic rings. The molecular weight excluding hydrogens is 172 g/mol. The third-order valence-electron chi connectivity index (χ3n) is 2.36. The Morgan fingerprint density at radius 2 is 1.00 bits per heavy atom. The molecule has 0 aliphatic heterocycles. The van der Waals surface area contributed by atoms with Crippen LogP contribution in [0.15, 0.2) is 48.5 Å². The molecule has 0 atom stereocenters. The fourth-order valence-corrected chi connectivity index (χ4v) is 1.68. The number of hydrogen-bond donors (Lipinski definition) is 0. The van der Waals surface area contributed by atoms with E-state index in [0.29, 0.717) is 0 Å². The quantitative estimate of drug-likeness (QED) is 0.497. The van der Waals surface area contributed by atoms with Gasteiger partial charge in [0, 0.05) is 10.8 Å². The van der Waals surface area contributed by atoms with Gasteiger partial charge in [0.05, 0.1) is 11.0 Å². The maximum absolute atomic E-state index is 4.16. The first kappa shape index (κ1) is 7.44. The average molecular weight is 180 g/mol. The van der Waals surface area contributed by atoms with Crippen molar-refractivity contribution in [2.24, 2.45) is 0 Å². The minimum Gasteiger partial charge on any atom is -0.150 e. The Bertz CT molecular complexity index is 547. The summed E-state index contributed by atoms with van der Waals surface area (Å²) in [4.78, 5) is 0. The Kier molecular flexibility index (Phi) is 1.47. The van der Waals surface area contributed by atoms with Crippen LogP contribution in [0.4, 0.5) is 0 Å². The summed E-state index contributed by atoms with van der Waals surface area (Å²) in [6, 6.07) is 16.1. The van der Waals surface area contributed by atoms with E-state index < -0.39 is 0 Å². The largest absolute Gasteiger partial charge is 0.150 e. The summed E-state index contributed by atoms with van der Waals surface area (Å²) < 4.78 is 0. The molecule has 0 saturated heterocycles. The molecule has 0 bridgehead atoms. The van der Waals surface area contributed by atoms with Crippen LogP contribution >= 0.6 is 0 Å². The molecule has 1 aromatic heterocycles. The minimum atomic E-state index is 0.950. The second-order valence-electron chi connectivity index (χ2n) is 3.23. The number of rotatable bonds is 0. The number of benzene rings is 2.